The summed E-state index contributed by atoms with van der Waals surface area (Å²) in [4.78, 5) is 0. The van der Waals surface area contributed by atoms with Crippen molar-refractivity contribution < 1.29 is 4.74 Å². The second-order valence-electron chi connectivity index (χ2n) is 7.77. The van der Waals surface area contributed by atoms with Crippen molar-refractivity contribution in [2.75, 3.05) is 7.11 Å². The van der Waals surface area contributed by atoms with Gasteiger partial charge in [-0.3, -0.25) is 11.3 Å². The van der Waals surface area contributed by atoms with Crippen LogP contribution < -0.4 is 11.3 Å². The van der Waals surface area contributed by atoms with Crippen LogP contribution >= 0.6 is 0 Å². The van der Waals surface area contributed by atoms with Crippen molar-refractivity contribution in [3.8, 4) is 0 Å². The lowest BCUT2D eigenvalue weighted by molar-refractivity contribution is -0.0955. The van der Waals surface area contributed by atoms with Crippen molar-refractivity contribution in [1.82, 2.24) is 5.43 Å². The predicted molar refractivity (Wildman–Crippen MR) is 84.2 cm³/mol. The number of hydrogen-bond donors (Lipinski definition) is 2. The zero-order chi connectivity index (χ0) is 14.8. The molecule has 0 aromatic heterocycles. The molecule has 0 saturated heterocycles. The highest BCUT2D eigenvalue weighted by Gasteiger charge is 2.45. The van der Waals surface area contributed by atoms with E-state index < -0.39 is 0 Å². The number of hydrogen-bond acceptors (Lipinski definition) is 3. The van der Waals surface area contributed by atoms with E-state index in [0.717, 1.165) is 30.6 Å². The van der Waals surface area contributed by atoms with E-state index in [9.17, 15) is 0 Å². The third kappa shape index (κ3) is 3.37. The Hall–Kier alpha value is -0.120. The first-order valence-corrected chi connectivity index (χ1v) is 8.52. The molecule has 0 aromatic carbocycles. The maximum atomic E-state index is 6.06. The third-order valence-corrected chi connectivity index (χ3v) is 5.96. The van der Waals surface area contributed by atoms with Crippen LogP contribution in [0.4, 0.5) is 0 Å². The average Bonchev–Trinajstić information content (AvgIpc) is 2.41. The van der Waals surface area contributed by atoms with Crippen LogP contribution in [0.2, 0.25) is 0 Å². The Morgan fingerprint density at radius 1 is 1.00 bits per heavy atom. The van der Waals surface area contributed by atoms with Crippen LogP contribution in [0.25, 0.3) is 0 Å². The second kappa shape index (κ2) is 6.76. The first-order chi connectivity index (χ1) is 9.50. The van der Waals surface area contributed by atoms with Crippen molar-refractivity contribution in [2.45, 2.75) is 77.4 Å². The molecule has 3 heteroatoms. The summed E-state index contributed by atoms with van der Waals surface area (Å²) in [6.07, 6.45) is 8.79. The molecule has 2 aliphatic carbocycles. The Labute approximate surface area is 125 Å². The van der Waals surface area contributed by atoms with E-state index in [-0.39, 0.29) is 5.60 Å². The fourth-order valence-electron chi connectivity index (χ4n) is 4.89. The van der Waals surface area contributed by atoms with Gasteiger partial charge in [-0.25, -0.2) is 0 Å². The molecule has 3 nitrogen and oxygen atoms in total. The summed E-state index contributed by atoms with van der Waals surface area (Å²) >= 11 is 0. The lowest BCUT2D eigenvalue weighted by atomic mass is 9.66. The predicted octanol–water partition coefficient (Wildman–Crippen LogP) is 3.49. The summed E-state index contributed by atoms with van der Waals surface area (Å²) in [5.74, 6) is 9.12. The van der Waals surface area contributed by atoms with E-state index in [1.54, 1.807) is 0 Å². The van der Waals surface area contributed by atoms with Crippen LogP contribution in [0.15, 0.2) is 0 Å². The highest BCUT2D eigenvalue weighted by atomic mass is 16.5. The largest absolute Gasteiger partial charge is 0.377 e. The summed E-state index contributed by atoms with van der Waals surface area (Å²) in [6.45, 7) is 7.13. The fourth-order valence-corrected chi connectivity index (χ4v) is 4.89. The van der Waals surface area contributed by atoms with Crippen LogP contribution in [0.1, 0.15) is 65.7 Å². The first-order valence-electron chi connectivity index (χ1n) is 8.52. The van der Waals surface area contributed by atoms with Crippen molar-refractivity contribution in [2.24, 2.45) is 29.5 Å². The van der Waals surface area contributed by atoms with Crippen molar-refractivity contribution >= 4 is 0 Å². The number of methoxy groups -OCH3 is 1. The van der Waals surface area contributed by atoms with Crippen molar-refractivity contribution in [3.05, 3.63) is 0 Å². The first kappa shape index (κ1) is 16.3. The van der Waals surface area contributed by atoms with Crippen LogP contribution in [-0.2, 0) is 4.74 Å². The van der Waals surface area contributed by atoms with Crippen LogP contribution in [0, 0.1) is 23.7 Å². The Bertz CT molecular complexity index is 289. The highest BCUT2D eigenvalue weighted by Crippen LogP contribution is 2.43. The van der Waals surface area contributed by atoms with E-state index in [2.05, 4.69) is 26.2 Å². The Morgan fingerprint density at radius 3 is 2.00 bits per heavy atom. The molecule has 0 spiro atoms. The van der Waals surface area contributed by atoms with Gasteiger partial charge >= 0.3 is 0 Å². The maximum absolute atomic E-state index is 6.06. The quantitative estimate of drug-likeness (QED) is 0.613. The highest BCUT2D eigenvalue weighted by molar-refractivity contribution is 5.00. The van der Waals surface area contributed by atoms with E-state index in [4.69, 9.17) is 10.6 Å². The zero-order valence-electron chi connectivity index (χ0n) is 13.8. The molecule has 2 saturated carbocycles. The molecular formula is C17H34N2O. The number of rotatable bonds is 4. The van der Waals surface area contributed by atoms with Gasteiger partial charge in [-0.15, -0.1) is 0 Å². The summed E-state index contributed by atoms with van der Waals surface area (Å²) in [6, 6.07) is 0.310. The smallest absolute Gasteiger partial charge is 0.0847 e. The molecule has 0 aromatic rings. The zero-order valence-corrected chi connectivity index (χ0v) is 13.8. The van der Waals surface area contributed by atoms with E-state index in [0.29, 0.717) is 12.0 Å². The van der Waals surface area contributed by atoms with Gasteiger partial charge in [0.2, 0.25) is 0 Å². The lowest BCUT2D eigenvalue weighted by Gasteiger charge is -2.48. The molecule has 0 bridgehead atoms. The Kier molecular flexibility index (Phi) is 5.49. The molecule has 2 aliphatic rings. The lowest BCUT2D eigenvalue weighted by Crippen LogP contribution is -2.60. The van der Waals surface area contributed by atoms with Gasteiger partial charge in [-0.05, 0) is 68.6 Å². The number of hydrazine groups is 1. The van der Waals surface area contributed by atoms with Gasteiger partial charge in [0, 0.05) is 7.11 Å². The molecule has 118 valence electrons. The molecule has 2 rings (SSSR count). The Morgan fingerprint density at radius 2 is 1.55 bits per heavy atom. The normalized spacial score (nSPS) is 44.2. The molecule has 3 atom stereocenters. The second-order valence-corrected chi connectivity index (χ2v) is 7.77. The van der Waals surface area contributed by atoms with Gasteiger partial charge in [0.1, 0.15) is 0 Å². The summed E-state index contributed by atoms with van der Waals surface area (Å²) < 4.78 is 6.06. The topological polar surface area (TPSA) is 47.3 Å². The summed E-state index contributed by atoms with van der Waals surface area (Å²) in [5.41, 5.74) is 3.13. The van der Waals surface area contributed by atoms with Crippen molar-refractivity contribution in [1.29, 1.82) is 0 Å². The van der Waals surface area contributed by atoms with Crippen molar-refractivity contribution in [3.63, 3.8) is 0 Å². The molecule has 3 N–H and O–H groups in total. The van der Waals surface area contributed by atoms with E-state index >= 15 is 0 Å². The SMILES string of the molecule is COC1(C(NN)C2CC(C)CC(C)C2)CCC(C)CC1. The molecule has 0 heterocycles. The minimum absolute atomic E-state index is 0.0390. The molecule has 0 amide bonds. The molecule has 2 fully saturated rings. The van der Waals surface area contributed by atoms with Gasteiger partial charge in [0.05, 0.1) is 11.6 Å². The number of nitrogens with two attached hydrogens (primary N) is 1. The summed E-state index contributed by atoms with van der Waals surface area (Å²) in [5, 5.41) is 0. The Balaban J connectivity index is 2.12. The van der Waals surface area contributed by atoms with Crippen LogP contribution in [0.3, 0.4) is 0 Å². The van der Waals surface area contributed by atoms with Gasteiger partial charge in [-0.2, -0.15) is 0 Å². The van der Waals surface area contributed by atoms with Gasteiger partial charge < -0.3 is 4.74 Å². The molecule has 20 heavy (non-hydrogen) atoms. The number of ether oxygens (including phenoxy) is 1. The van der Waals surface area contributed by atoms with Gasteiger partial charge in [-0.1, -0.05) is 20.8 Å². The van der Waals surface area contributed by atoms with Crippen LogP contribution in [0.5, 0.6) is 0 Å². The summed E-state index contributed by atoms with van der Waals surface area (Å²) in [7, 11) is 1.88. The fraction of sp³-hybridized carbons (Fsp3) is 1.00. The van der Waals surface area contributed by atoms with Gasteiger partial charge in [0.25, 0.3) is 0 Å². The van der Waals surface area contributed by atoms with Gasteiger partial charge in [0.15, 0.2) is 0 Å². The maximum Gasteiger partial charge on any atom is 0.0847 e. The minimum atomic E-state index is -0.0390. The van der Waals surface area contributed by atoms with E-state index in [1.165, 1.54) is 32.1 Å². The monoisotopic (exact) mass is 282 g/mol. The van der Waals surface area contributed by atoms with E-state index in [1.807, 2.05) is 7.11 Å². The third-order valence-electron chi connectivity index (χ3n) is 5.96. The minimum Gasteiger partial charge on any atom is -0.377 e. The molecule has 3 unspecified atom stereocenters. The molecular weight excluding hydrogens is 248 g/mol. The molecule has 0 aliphatic heterocycles. The molecule has 0 radical (unpaired) electrons. The average molecular weight is 282 g/mol. The number of nitrogens with one attached hydrogen (secondary N) is 1. The standard InChI is InChI=1S/C17H34N2O/c1-12-5-7-17(20-4,8-6-12)16(19-18)15-10-13(2)9-14(3)11-15/h12-16,19H,5-11,18H2,1-4H3. The van der Waals surface area contributed by atoms with Crippen LogP contribution in [-0.4, -0.2) is 18.8 Å².